The number of phenolic OH excluding ortho intramolecular Hbond substituents is 1. The Bertz CT molecular complexity index is 2390. The van der Waals surface area contributed by atoms with Gasteiger partial charge in [0.1, 0.15) is 22.7 Å². The number of fused-ring (bicyclic) bond motifs is 4. The number of benzene rings is 1. The summed E-state index contributed by atoms with van der Waals surface area (Å²) < 4.78 is 4.87. The van der Waals surface area contributed by atoms with E-state index in [1.54, 1.807) is 30.4 Å². The predicted molar refractivity (Wildman–Crippen MR) is 149 cm³/mol. The molecule has 1 aromatic heterocycles. The molecule has 2 aromatic rings. The average molecular weight is 555 g/mol. The van der Waals surface area contributed by atoms with Crippen molar-refractivity contribution in [2.24, 2.45) is 0 Å². The number of aromatic nitrogens is 1. The largest absolute Gasteiger partial charge is 0.510 e. The van der Waals surface area contributed by atoms with Crippen molar-refractivity contribution in [2.45, 2.75) is 24.9 Å². The Morgan fingerprint density at radius 2 is 1.56 bits per heavy atom. The average Bonchev–Trinajstić information content (AvgIpc) is 3.35. The Labute approximate surface area is 227 Å². The molecule has 1 heterocycles. The second-order valence-electron chi connectivity index (χ2n) is 9.95. The van der Waals surface area contributed by atoms with E-state index in [0.717, 1.165) is 13.2 Å². The van der Waals surface area contributed by atoms with Gasteiger partial charge in [-0.1, -0.05) is 24.3 Å². The molecule has 11 nitrogen and oxygen atoms in total. The van der Waals surface area contributed by atoms with Crippen molar-refractivity contribution in [1.82, 2.24) is 4.98 Å². The van der Waals surface area contributed by atoms with Crippen LogP contribution >= 0.6 is 0 Å². The molecule has 0 bridgehead atoms. The van der Waals surface area contributed by atoms with Gasteiger partial charge in [0, 0.05) is 23.7 Å². The molecule has 0 saturated carbocycles. The number of hydrogen-bond donors (Lipinski definition) is 5. The van der Waals surface area contributed by atoms with Gasteiger partial charge in [-0.15, -0.1) is 0 Å². The number of methoxy groups -OCH3 is 1. The van der Waals surface area contributed by atoms with Crippen molar-refractivity contribution < 1.29 is 25.2 Å². The van der Waals surface area contributed by atoms with E-state index < -0.39 is 82.7 Å². The molecular formula is C30H21NO10. The van der Waals surface area contributed by atoms with Crippen LogP contribution in [0.3, 0.4) is 0 Å². The van der Waals surface area contributed by atoms with Crippen LogP contribution in [0.1, 0.15) is 23.7 Å². The lowest BCUT2D eigenvalue weighted by Gasteiger charge is -2.30. The summed E-state index contributed by atoms with van der Waals surface area (Å²) in [6.07, 6.45) is 4.89. The minimum atomic E-state index is -2.42. The third-order valence-corrected chi connectivity index (χ3v) is 7.90. The zero-order valence-electron chi connectivity index (χ0n) is 21.6. The number of allylic oxidation sites excluding steroid dienone is 3. The van der Waals surface area contributed by atoms with Crippen molar-refractivity contribution in [3.05, 3.63) is 125 Å². The van der Waals surface area contributed by atoms with Crippen LogP contribution in [0.2, 0.25) is 0 Å². The van der Waals surface area contributed by atoms with E-state index in [9.17, 15) is 44.4 Å². The Morgan fingerprint density at radius 1 is 0.902 bits per heavy atom. The lowest BCUT2D eigenvalue weighted by atomic mass is 9.77. The van der Waals surface area contributed by atoms with Gasteiger partial charge in [-0.25, -0.2) is 0 Å². The van der Waals surface area contributed by atoms with Crippen LogP contribution in [0.25, 0.3) is 28.4 Å². The molecule has 0 aliphatic heterocycles. The maximum atomic E-state index is 13.6. The number of aliphatic hydroxyl groups is 3. The Morgan fingerprint density at radius 3 is 2.20 bits per heavy atom. The highest BCUT2D eigenvalue weighted by Gasteiger charge is 2.58. The molecule has 0 radical (unpaired) electrons. The molecule has 2 atom stereocenters. The highest BCUT2D eigenvalue weighted by Crippen LogP contribution is 2.54. The maximum absolute atomic E-state index is 13.6. The van der Waals surface area contributed by atoms with Gasteiger partial charge in [0.25, 0.3) is 5.56 Å². The summed E-state index contributed by atoms with van der Waals surface area (Å²) in [5, 5.41) is 42.6. The summed E-state index contributed by atoms with van der Waals surface area (Å²) in [5.74, 6) is -3.16. The Hall–Kier alpha value is -5.29. The van der Waals surface area contributed by atoms with E-state index in [2.05, 4.69) is 4.98 Å². The number of rotatable bonds is 3. The molecule has 0 saturated heterocycles. The number of phenols is 1. The van der Waals surface area contributed by atoms with E-state index in [-0.39, 0.29) is 22.9 Å². The second-order valence-corrected chi connectivity index (χ2v) is 9.95. The highest BCUT2D eigenvalue weighted by atomic mass is 16.5. The Balaban J connectivity index is 1.78. The topological polar surface area (TPSA) is 191 Å². The summed E-state index contributed by atoms with van der Waals surface area (Å²) in [6, 6.07) is 3.83. The first kappa shape index (κ1) is 26.0. The number of aromatic amines is 1. The van der Waals surface area contributed by atoms with Gasteiger partial charge in [-0.05, 0) is 30.0 Å². The minimum absolute atomic E-state index is 0.222. The molecule has 1 spiro atoms. The molecule has 1 aromatic carbocycles. The van der Waals surface area contributed by atoms with E-state index >= 15 is 0 Å². The monoisotopic (exact) mass is 555 g/mol. The lowest BCUT2D eigenvalue weighted by Crippen LogP contribution is -2.51. The van der Waals surface area contributed by atoms with Crippen molar-refractivity contribution in [3.63, 3.8) is 0 Å². The number of H-pyrrole nitrogens is 1. The molecule has 4 aliphatic carbocycles. The van der Waals surface area contributed by atoms with Gasteiger partial charge in [-0.2, -0.15) is 0 Å². The summed E-state index contributed by atoms with van der Waals surface area (Å²) in [4.78, 5) is 68.4. The first-order valence-corrected chi connectivity index (χ1v) is 12.5. The van der Waals surface area contributed by atoms with Crippen molar-refractivity contribution in [2.75, 3.05) is 7.11 Å². The van der Waals surface area contributed by atoms with E-state index in [4.69, 9.17) is 4.74 Å². The lowest BCUT2D eigenvalue weighted by molar-refractivity contribution is 0.125. The van der Waals surface area contributed by atoms with Crippen LogP contribution < -0.4 is 42.4 Å². The number of hydrogen-bond acceptors (Lipinski definition) is 10. The van der Waals surface area contributed by atoms with Crippen LogP contribution in [0.4, 0.5) is 0 Å². The number of nitrogens with one attached hydrogen (secondary N) is 1. The van der Waals surface area contributed by atoms with E-state index in [0.29, 0.717) is 11.1 Å². The zero-order chi connectivity index (χ0) is 29.5. The van der Waals surface area contributed by atoms with Gasteiger partial charge in [0.15, 0.2) is 11.2 Å². The molecule has 1 unspecified atom stereocenters. The summed E-state index contributed by atoms with van der Waals surface area (Å²) in [5.41, 5.74) is -7.29. The fourth-order valence-electron chi connectivity index (χ4n) is 6.18. The smallest absolute Gasteiger partial charge is 0.260 e. The van der Waals surface area contributed by atoms with Gasteiger partial charge >= 0.3 is 0 Å². The number of pyridine rings is 1. The highest BCUT2D eigenvalue weighted by molar-refractivity contribution is 5.95. The molecule has 6 rings (SSSR count). The quantitative estimate of drug-likeness (QED) is 0.198. The fraction of sp³-hybridized carbons (Fsp3) is 0.167. The van der Waals surface area contributed by atoms with Crippen LogP contribution in [0.5, 0.6) is 11.5 Å². The van der Waals surface area contributed by atoms with Crippen molar-refractivity contribution in [1.29, 1.82) is 0 Å². The summed E-state index contributed by atoms with van der Waals surface area (Å²) in [7, 11) is 1.10. The van der Waals surface area contributed by atoms with E-state index in [1.807, 2.05) is 6.92 Å². The van der Waals surface area contributed by atoms with Crippen LogP contribution in [-0.2, 0) is 11.8 Å². The normalized spacial score (nSPS) is 19.8. The molecule has 11 heteroatoms. The van der Waals surface area contributed by atoms with Gasteiger partial charge < -0.3 is 30.1 Å². The van der Waals surface area contributed by atoms with E-state index in [1.165, 1.54) is 6.07 Å². The van der Waals surface area contributed by atoms with Crippen molar-refractivity contribution >= 4 is 28.4 Å². The minimum Gasteiger partial charge on any atom is -0.510 e. The molecule has 41 heavy (non-hydrogen) atoms. The SMILES string of the molecule is C/C=C/C=C/c1cc2cc3c(c(O)c2c(=O)[nH]1)[C@@]1(C(O)=c2c(=O)c4c(=O)cc(OC)c(=O)c=4c(=O)c2=C1O)C(O)C3. The van der Waals surface area contributed by atoms with Crippen molar-refractivity contribution in [3.8, 4) is 11.5 Å². The second kappa shape index (κ2) is 8.60. The van der Waals surface area contributed by atoms with Crippen LogP contribution in [0, 0.1) is 10.4 Å². The van der Waals surface area contributed by atoms with Gasteiger partial charge in [0.2, 0.25) is 16.3 Å². The number of aromatic hydroxyl groups is 1. The summed E-state index contributed by atoms with van der Waals surface area (Å²) >= 11 is 0. The van der Waals surface area contributed by atoms with Gasteiger partial charge in [-0.3, -0.25) is 24.0 Å². The molecular weight excluding hydrogens is 534 g/mol. The number of aliphatic hydroxyl groups excluding tert-OH is 3. The fourth-order valence-corrected chi connectivity index (χ4v) is 6.18. The van der Waals surface area contributed by atoms with Gasteiger partial charge in [0.05, 0.1) is 39.5 Å². The third kappa shape index (κ3) is 3.09. The maximum Gasteiger partial charge on any atom is 0.260 e. The summed E-state index contributed by atoms with van der Waals surface area (Å²) in [6.45, 7) is 1.82. The molecule has 0 amide bonds. The molecule has 206 valence electrons. The molecule has 5 N–H and O–H groups in total. The van der Waals surface area contributed by atoms with Crippen LogP contribution in [-0.4, -0.2) is 38.6 Å². The first-order chi connectivity index (χ1) is 19.5. The molecule has 0 fully saturated rings. The standard InChI is InChI=1S/C30H21NO10/c1-3-4-5-6-13-8-11-7-12-9-16(33)30(22(12)26(37)17(11)29(40)31-13)27(38)20-21(28(30)39)25(36)19-18(24(20)35)14(32)10-15(41-2)23(19)34/h3-8,10,16,33,37-39H,9H2,1-2H3,(H,31,40)/b4-3+,6-5+/t16?,30-/m1/s1. The molecule has 4 aliphatic rings. The third-order valence-electron chi connectivity index (χ3n) is 7.90. The van der Waals surface area contributed by atoms with Crippen LogP contribution in [0.15, 0.2) is 60.4 Å². The first-order valence-electron chi connectivity index (χ1n) is 12.5. The Kier molecular flexibility index (Phi) is 5.45. The number of ether oxygens (including phenoxy) is 1. The predicted octanol–water partition coefficient (Wildman–Crippen LogP) is -0.926. The zero-order valence-corrected chi connectivity index (χ0v) is 21.6.